The lowest BCUT2D eigenvalue weighted by atomic mass is 10.0. The van der Waals surface area contributed by atoms with Crippen LogP contribution < -0.4 is 9.64 Å². The summed E-state index contributed by atoms with van der Waals surface area (Å²) < 4.78 is 34.8. The van der Waals surface area contributed by atoms with Crippen molar-refractivity contribution in [2.75, 3.05) is 45.2 Å². The molecule has 35 heavy (non-hydrogen) atoms. The Labute approximate surface area is 210 Å². The average molecular weight is 515 g/mol. The maximum absolute atomic E-state index is 12.4. The molecule has 0 saturated carbocycles. The van der Waals surface area contributed by atoms with Crippen LogP contribution in [-0.4, -0.2) is 78.4 Å². The summed E-state index contributed by atoms with van der Waals surface area (Å²) >= 11 is 1.56. The highest BCUT2D eigenvalue weighted by atomic mass is 32.2. The Hall–Kier alpha value is -2.60. The molecule has 5 rings (SSSR count). The van der Waals surface area contributed by atoms with Crippen molar-refractivity contribution < 1.29 is 13.2 Å². The Morgan fingerprint density at radius 1 is 1.11 bits per heavy atom. The van der Waals surface area contributed by atoms with E-state index in [1.165, 1.54) is 14.2 Å². The largest absolute Gasteiger partial charge is 0.467 e. The van der Waals surface area contributed by atoms with Gasteiger partial charge in [0.25, 0.3) is 15.4 Å². The van der Waals surface area contributed by atoms with Crippen molar-refractivity contribution in [1.82, 2.24) is 23.6 Å². The summed E-state index contributed by atoms with van der Waals surface area (Å²) in [5, 5.41) is 0.697. The number of ether oxygens (including phenoxy) is 1. The molecule has 186 valence electrons. The van der Waals surface area contributed by atoms with E-state index >= 15 is 0 Å². The third-order valence-electron chi connectivity index (χ3n) is 6.46. The summed E-state index contributed by atoms with van der Waals surface area (Å²) in [4.78, 5) is 15.8. The fourth-order valence-electron chi connectivity index (χ4n) is 4.37. The molecule has 11 heteroatoms. The maximum atomic E-state index is 12.4. The summed E-state index contributed by atoms with van der Waals surface area (Å²) in [5.41, 5.74) is 4.26. The van der Waals surface area contributed by atoms with E-state index in [1.54, 1.807) is 25.4 Å². The van der Waals surface area contributed by atoms with E-state index in [0.717, 1.165) is 53.2 Å². The molecule has 1 saturated heterocycles. The second kappa shape index (κ2) is 9.81. The van der Waals surface area contributed by atoms with Crippen LogP contribution in [0, 0.1) is 6.92 Å². The van der Waals surface area contributed by atoms with Gasteiger partial charge in [-0.15, -0.1) is 0 Å². The number of rotatable bonds is 6. The first-order valence-electron chi connectivity index (χ1n) is 11.8. The van der Waals surface area contributed by atoms with Crippen molar-refractivity contribution in [3.05, 3.63) is 47.8 Å². The number of thiazole rings is 1. The Bertz CT molecular complexity index is 1330. The number of aromatic nitrogens is 3. The van der Waals surface area contributed by atoms with Crippen LogP contribution in [-0.2, 0) is 10.2 Å². The van der Waals surface area contributed by atoms with Gasteiger partial charge in [-0.3, -0.25) is 0 Å². The number of benzene rings is 1. The zero-order valence-corrected chi connectivity index (χ0v) is 21.8. The fourth-order valence-corrected chi connectivity index (χ4v) is 6.34. The monoisotopic (exact) mass is 514 g/mol. The number of hydrogen-bond donors (Lipinski definition) is 0. The van der Waals surface area contributed by atoms with Crippen LogP contribution in [0.3, 0.4) is 0 Å². The van der Waals surface area contributed by atoms with E-state index in [4.69, 9.17) is 4.74 Å². The fraction of sp³-hybridized carbons (Fsp3) is 0.458. The summed E-state index contributed by atoms with van der Waals surface area (Å²) in [7, 11) is -0.258. The van der Waals surface area contributed by atoms with Crippen molar-refractivity contribution in [3.63, 3.8) is 0 Å². The lowest BCUT2D eigenvalue weighted by Gasteiger charge is -2.31. The minimum absolute atomic E-state index is 0.127. The van der Waals surface area contributed by atoms with Gasteiger partial charge < -0.3 is 9.64 Å². The predicted molar refractivity (Wildman–Crippen MR) is 139 cm³/mol. The number of piperidine rings is 1. The Balaban J connectivity index is 1.22. The van der Waals surface area contributed by atoms with Crippen LogP contribution in [0.1, 0.15) is 30.4 Å². The van der Waals surface area contributed by atoms with Crippen LogP contribution in [0.5, 0.6) is 5.19 Å². The molecular weight excluding hydrogens is 484 g/mol. The Morgan fingerprint density at radius 3 is 2.51 bits per heavy atom. The zero-order chi connectivity index (χ0) is 24.6. The molecule has 2 aliphatic heterocycles. The van der Waals surface area contributed by atoms with Crippen molar-refractivity contribution >= 4 is 43.3 Å². The van der Waals surface area contributed by atoms with E-state index in [-0.39, 0.29) is 6.10 Å². The first-order chi connectivity index (χ1) is 16.8. The third kappa shape index (κ3) is 5.18. The van der Waals surface area contributed by atoms with Gasteiger partial charge in [0.1, 0.15) is 6.10 Å². The zero-order valence-electron chi connectivity index (χ0n) is 20.2. The molecule has 2 aromatic heterocycles. The number of aryl methyl sites for hydroxylation is 1. The van der Waals surface area contributed by atoms with Gasteiger partial charge in [0.15, 0.2) is 0 Å². The molecule has 0 unspecified atom stereocenters. The van der Waals surface area contributed by atoms with Gasteiger partial charge in [-0.2, -0.15) is 17.0 Å². The van der Waals surface area contributed by atoms with Crippen LogP contribution in [0.2, 0.25) is 0 Å². The highest BCUT2D eigenvalue weighted by molar-refractivity contribution is 7.86. The highest BCUT2D eigenvalue weighted by Crippen LogP contribution is 2.33. The standard InChI is InChI=1S/C24H30N6O3S2/c1-17-15-25-23(26-16-17)29-10-8-20(9-11-29)33-24-27-21-5-4-19(14-22(21)34-24)18-6-12-30(13-7-18)35(31,32)28(2)3/h4-6,14-16,20H,7-13H2,1-3H3. The number of hydrogen-bond acceptors (Lipinski definition) is 8. The second-order valence-electron chi connectivity index (χ2n) is 9.15. The second-order valence-corrected chi connectivity index (χ2v) is 12.3. The third-order valence-corrected chi connectivity index (χ3v) is 9.27. The summed E-state index contributed by atoms with van der Waals surface area (Å²) in [6.07, 6.45) is 8.33. The van der Waals surface area contributed by atoms with E-state index < -0.39 is 10.2 Å². The molecule has 0 amide bonds. The van der Waals surface area contributed by atoms with E-state index in [2.05, 4.69) is 32.0 Å². The summed E-state index contributed by atoms with van der Waals surface area (Å²) in [5.74, 6) is 0.779. The van der Waals surface area contributed by atoms with Gasteiger partial charge in [-0.25, -0.2) is 15.0 Å². The number of nitrogens with zero attached hydrogens (tertiary/aromatic N) is 6. The first kappa shape index (κ1) is 24.1. The Kier molecular flexibility index (Phi) is 6.75. The molecule has 0 radical (unpaired) electrons. The SMILES string of the molecule is Cc1cnc(N2CCC(Oc3nc4ccc(C5=CCN(S(=O)(=O)N(C)C)CC5)cc4s3)CC2)nc1. The molecule has 1 aromatic carbocycles. The normalized spacial score (nSPS) is 18.3. The van der Waals surface area contributed by atoms with Gasteiger partial charge in [-0.1, -0.05) is 23.5 Å². The van der Waals surface area contributed by atoms with Gasteiger partial charge >= 0.3 is 0 Å². The molecule has 2 aliphatic rings. The van der Waals surface area contributed by atoms with Crippen molar-refractivity contribution in [3.8, 4) is 5.19 Å². The molecule has 0 atom stereocenters. The number of fused-ring (bicyclic) bond motifs is 1. The van der Waals surface area contributed by atoms with Gasteiger partial charge in [0.2, 0.25) is 5.95 Å². The van der Waals surface area contributed by atoms with Crippen LogP contribution in [0.4, 0.5) is 5.95 Å². The van der Waals surface area contributed by atoms with Crippen molar-refractivity contribution in [2.24, 2.45) is 0 Å². The lowest BCUT2D eigenvalue weighted by Crippen LogP contribution is -2.42. The number of anilines is 1. The molecule has 3 aromatic rings. The Morgan fingerprint density at radius 2 is 1.86 bits per heavy atom. The quantitative estimate of drug-likeness (QED) is 0.498. The van der Waals surface area contributed by atoms with E-state index in [9.17, 15) is 8.42 Å². The van der Waals surface area contributed by atoms with Crippen molar-refractivity contribution in [2.45, 2.75) is 32.3 Å². The lowest BCUT2D eigenvalue weighted by molar-refractivity contribution is 0.170. The molecule has 0 spiro atoms. The molecule has 9 nitrogen and oxygen atoms in total. The van der Waals surface area contributed by atoms with Gasteiger partial charge in [-0.05, 0) is 42.2 Å². The van der Waals surface area contributed by atoms with E-state index in [0.29, 0.717) is 24.7 Å². The summed E-state index contributed by atoms with van der Waals surface area (Å²) in [6.45, 7) is 4.57. The predicted octanol–water partition coefficient (Wildman–Crippen LogP) is 3.34. The maximum Gasteiger partial charge on any atom is 0.281 e. The summed E-state index contributed by atoms with van der Waals surface area (Å²) in [6, 6.07) is 6.22. The molecule has 0 N–H and O–H groups in total. The van der Waals surface area contributed by atoms with Crippen molar-refractivity contribution in [1.29, 1.82) is 0 Å². The van der Waals surface area contributed by atoms with Crippen LogP contribution in [0.25, 0.3) is 15.8 Å². The minimum atomic E-state index is -3.38. The molecule has 0 bridgehead atoms. The minimum Gasteiger partial charge on any atom is -0.467 e. The van der Waals surface area contributed by atoms with E-state index in [1.807, 2.05) is 31.5 Å². The molecule has 1 fully saturated rings. The topological polar surface area (TPSA) is 91.8 Å². The molecule has 4 heterocycles. The van der Waals surface area contributed by atoms with Gasteiger partial charge in [0, 0.05) is 65.5 Å². The smallest absolute Gasteiger partial charge is 0.281 e. The van der Waals surface area contributed by atoms with Gasteiger partial charge in [0.05, 0.1) is 10.2 Å². The van der Waals surface area contributed by atoms with Crippen LogP contribution in [0.15, 0.2) is 36.7 Å². The average Bonchev–Trinajstić information content (AvgIpc) is 3.26. The van der Waals surface area contributed by atoms with Crippen LogP contribution >= 0.6 is 11.3 Å². The molecule has 0 aliphatic carbocycles. The first-order valence-corrected chi connectivity index (χ1v) is 14.0. The molecular formula is C24H30N6O3S2. The highest BCUT2D eigenvalue weighted by Gasteiger charge is 2.27.